The number of aromatic nitrogens is 1. The van der Waals surface area contributed by atoms with E-state index in [2.05, 4.69) is 10.3 Å². The number of hydrogen-bond acceptors (Lipinski definition) is 2. The summed E-state index contributed by atoms with van der Waals surface area (Å²) < 4.78 is 5.18. The molecule has 0 spiro atoms. The smallest absolute Gasteiger partial charge is 0.257 e. The van der Waals surface area contributed by atoms with Gasteiger partial charge in [-0.2, -0.15) is 0 Å². The van der Waals surface area contributed by atoms with Gasteiger partial charge in [-0.15, -0.1) is 0 Å². The number of aromatic amines is 1. The van der Waals surface area contributed by atoms with Crippen molar-refractivity contribution in [2.75, 3.05) is 12.4 Å². The third-order valence-electron chi connectivity index (χ3n) is 3.53. The van der Waals surface area contributed by atoms with E-state index >= 15 is 0 Å². The highest BCUT2D eigenvalue weighted by Crippen LogP contribution is 2.24. The number of benzene rings is 2. The Hall–Kier alpha value is -2.75. The normalized spacial score (nSPS) is 10.6. The van der Waals surface area contributed by atoms with Crippen LogP contribution >= 0.6 is 0 Å². The predicted molar refractivity (Wildman–Crippen MR) is 84.0 cm³/mol. The van der Waals surface area contributed by atoms with E-state index in [1.54, 1.807) is 13.3 Å². The van der Waals surface area contributed by atoms with Gasteiger partial charge in [0.25, 0.3) is 5.91 Å². The first-order valence-corrected chi connectivity index (χ1v) is 6.71. The molecule has 0 saturated heterocycles. The van der Waals surface area contributed by atoms with Gasteiger partial charge < -0.3 is 15.0 Å². The van der Waals surface area contributed by atoms with Crippen molar-refractivity contribution in [2.45, 2.75) is 6.92 Å². The molecule has 2 N–H and O–H groups in total. The maximum atomic E-state index is 12.4. The number of anilines is 1. The molecule has 0 aliphatic carbocycles. The molecule has 4 heteroatoms. The average Bonchev–Trinajstić information content (AvgIpc) is 2.92. The van der Waals surface area contributed by atoms with Crippen molar-refractivity contribution >= 4 is 22.5 Å². The molecule has 1 heterocycles. The standard InChI is InChI=1S/C17H16N2O2/c1-11-5-3-4-6-15(11)19-17(20)14-10-18-16-9-12(21-2)7-8-13(14)16/h3-10,18H,1-2H3,(H,19,20). The van der Waals surface area contributed by atoms with E-state index in [0.717, 1.165) is 27.9 Å². The number of ether oxygens (including phenoxy) is 1. The van der Waals surface area contributed by atoms with Crippen LogP contribution in [0.1, 0.15) is 15.9 Å². The summed E-state index contributed by atoms with van der Waals surface area (Å²) in [5.41, 5.74) is 3.36. The fourth-order valence-electron chi connectivity index (χ4n) is 2.32. The molecule has 0 bridgehead atoms. The van der Waals surface area contributed by atoms with Crippen LogP contribution in [0.5, 0.6) is 5.75 Å². The molecule has 3 aromatic rings. The second-order valence-electron chi connectivity index (χ2n) is 4.88. The third kappa shape index (κ3) is 2.48. The van der Waals surface area contributed by atoms with E-state index in [4.69, 9.17) is 4.74 Å². The molecule has 4 nitrogen and oxygen atoms in total. The maximum absolute atomic E-state index is 12.4. The van der Waals surface area contributed by atoms with Crippen LogP contribution in [0.25, 0.3) is 10.9 Å². The van der Waals surface area contributed by atoms with Crippen molar-refractivity contribution in [3.63, 3.8) is 0 Å². The molecule has 0 atom stereocenters. The zero-order valence-corrected chi connectivity index (χ0v) is 11.9. The fraction of sp³-hybridized carbons (Fsp3) is 0.118. The Labute approximate surface area is 122 Å². The third-order valence-corrected chi connectivity index (χ3v) is 3.53. The number of amides is 1. The topological polar surface area (TPSA) is 54.1 Å². The van der Waals surface area contributed by atoms with Crippen LogP contribution in [-0.4, -0.2) is 18.0 Å². The van der Waals surface area contributed by atoms with Crippen molar-refractivity contribution in [1.82, 2.24) is 4.98 Å². The fourth-order valence-corrected chi connectivity index (χ4v) is 2.32. The monoisotopic (exact) mass is 280 g/mol. The number of aryl methyl sites for hydroxylation is 1. The predicted octanol–water partition coefficient (Wildman–Crippen LogP) is 3.74. The molecule has 21 heavy (non-hydrogen) atoms. The highest BCUT2D eigenvalue weighted by Gasteiger charge is 2.13. The summed E-state index contributed by atoms with van der Waals surface area (Å²) in [6, 6.07) is 13.3. The Morgan fingerprint density at radius 2 is 2.00 bits per heavy atom. The molecule has 0 aliphatic rings. The van der Waals surface area contributed by atoms with Gasteiger partial charge in [0.15, 0.2) is 0 Å². The quantitative estimate of drug-likeness (QED) is 0.768. The van der Waals surface area contributed by atoms with E-state index in [-0.39, 0.29) is 5.91 Å². The van der Waals surface area contributed by atoms with Gasteiger partial charge >= 0.3 is 0 Å². The second kappa shape index (κ2) is 5.32. The van der Waals surface area contributed by atoms with Gasteiger partial charge in [0.05, 0.1) is 12.7 Å². The van der Waals surface area contributed by atoms with Crippen LogP contribution in [0.15, 0.2) is 48.7 Å². The van der Waals surface area contributed by atoms with Gasteiger partial charge in [0.1, 0.15) is 5.75 Å². The first kappa shape index (κ1) is 13.2. The molecule has 0 aliphatic heterocycles. The van der Waals surface area contributed by atoms with Gasteiger partial charge in [-0.05, 0) is 30.7 Å². The Morgan fingerprint density at radius 1 is 1.19 bits per heavy atom. The van der Waals surface area contributed by atoms with Crippen LogP contribution in [0, 0.1) is 6.92 Å². The summed E-state index contributed by atoms with van der Waals surface area (Å²) in [7, 11) is 1.62. The molecule has 0 radical (unpaired) electrons. The van der Waals surface area contributed by atoms with E-state index in [0.29, 0.717) is 5.56 Å². The number of carbonyl (C=O) groups excluding carboxylic acids is 1. The van der Waals surface area contributed by atoms with Crippen molar-refractivity contribution in [3.05, 3.63) is 59.8 Å². The molecule has 106 valence electrons. The molecule has 0 saturated carbocycles. The van der Waals surface area contributed by atoms with E-state index < -0.39 is 0 Å². The number of hydrogen-bond donors (Lipinski definition) is 2. The molecule has 1 aromatic heterocycles. The van der Waals surface area contributed by atoms with Gasteiger partial charge in [-0.1, -0.05) is 18.2 Å². The minimum absolute atomic E-state index is 0.124. The highest BCUT2D eigenvalue weighted by atomic mass is 16.5. The molecule has 1 amide bonds. The van der Waals surface area contributed by atoms with Gasteiger partial charge in [0.2, 0.25) is 0 Å². The molecule has 0 fully saturated rings. The van der Waals surface area contributed by atoms with Gasteiger partial charge in [-0.3, -0.25) is 4.79 Å². The van der Waals surface area contributed by atoms with Gasteiger partial charge in [0, 0.05) is 28.9 Å². The van der Waals surface area contributed by atoms with Gasteiger partial charge in [-0.25, -0.2) is 0 Å². The molecular formula is C17H16N2O2. The SMILES string of the molecule is COc1ccc2c(C(=O)Nc3ccccc3C)c[nH]c2c1. The summed E-state index contributed by atoms with van der Waals surface area (Å²) in [5.74, 6) is 0.635. The van der Waals surface area contributed by atoms with Crippen LogP contribution in [0.2, 0.25) is 0 Å². The Bertz CT molecular complexity index is 805. The first-order chi connectivity index (χ1) is 10.2. The molecule has 2 aromatic carbocycles. The maximum Gasteiger partial charge on any atom is 0.257 e. The number of carbonyl (C=O) groups is 1. The molecule has 0 unspecified atom stereocenters. The highest BCUT2D eigenvalue weighted by molar-refractivity contribution is 6.13. The lowest BCUT2D eigenvalue weighted by atomic mass is 10.1. The van der Waals surface area contributed by atoms with Crippen LogP contribution < -0.4 is 10.1 Å². The van der Waals surface area contributed by atoms with Crippen molar-refractivity contribution < 1.29 is 9.53 Å². The van der Waals surface area contributed by atoms with Crippen molar-refractivity contribution in [3.8, 4) is 5.75 Å². The number of fused-ring (bicyclic) bond motifs is 1. The van der Waals surface area contributed by atoms with Crippen molar-refractivity contribution in [1.29, 1.82) is 0 Å². The number of nitrogens with one attached hydrogen (secondary N) is 2. The second-order valence-corrected chi connectivity index (χ2v) is 4.88. The Balaban J connectivity index is 1.93. The average molecular weight is 280 g/mol. The zero-order valence-electron chi connectivity index (χ0n) is 11.9. The van der Waals surface area contributed by atoms with Crippen molar-refractivity contribution in [2.24, 2.45) is 0 Å². The number of methoxy groups -OCH3 is 1. The zero-order chi connectivity index (χ0) is 14.8. The summed E-state index contributed by atoms with van der Waals surface area (Å²) in [4.78, 5) is 15.5. The number of para-hydroxylation sites is 1. The lowest BCUT2D eigenvalue weighted by Gasteiger charge is -2.07. The minimum atomic E-state index is -0.124. The van der Waals surface area contributed by atoms with Crippen LogP contribution in [0.3, 0.4) is 0 Å². The largest absolute Gasteiger partial charge is 0.497 e. The van der Waals surface area contributed by atoms with Crippen LogP contribution in [0.4, 0.5) is 5.69 Å². The molecule has 3 rings (SSSR count). The summed E-state index contributed by atoms with van der Waals surface area (Å²) in [6.07, 6.45) is 1.72. The lowest BCUT2D eigenvalue weighted by molar-refractivity contribution is 0.102. The Morgan fingerprint density at radius 3 is 2.76 bits per heavy atom. The molecular weight excluding hydrogens is 264 g/mol. The summed E-state index contributed by atoms with van der Waals surface area (Å²) >= 11 is 0. The van der Waals surface area contributed by atoms with Crippen LogP contribution in [-0.2, 0) is 0 Å². The minimum Gasteiger partial charge on any atom is -0.497 e. The van der Waals surface area contributed by atoms with E-state index in [1.165, 1.54) is 0 Å². The van der Waals surface area contributed by atoms with E-state index in [9.17, 15) is 4.79 Å². The lowest BCUT2D eigenvalue weighted by Crippen LogP contribution is -2.12. The Kier molecular flexibility index (Phi) is 3.36. The summed E-state index contributed by atoms with van der Waals surface area (Å²) in [6.45, 7) is 1.97. The summed E-state index contributed by atoms with van der Waals surface area (Å²) in [5, 5.41) is 3.82. The number of H-pyrrole nitrogens is 1. The van der Waals surface area contributed by atoms with E-state index in [1.807, 2.05) is 49.4 Å². The number of rotatable bonds is 3. The first-order valence-electron chi connectivity index (χ1n) is 6.71.